The number of aryl methyl sites for hydroxylation is 1. The molecular formula is C10H7BrClN3O4S2. The van der Waals surface area contributed by atoms with Crippen molar-refractivity contribution in [2.24, 2.45) is 0 Å². The highest BCUT2D eigenvalue weighted by molar-refractivity contribution is 9.11. The third-order valence-electron chi connectivity index (χ3n) is 2.37. The molecular weight excluding hydrogens is 406 g/mol. The average molecular weight is 413 g/mol. The highest BCUT2D eigenvalue weighted by Gasteiger charge is 2.24. The average Bonchev–Trinajstić information content (AvgIpc) is 2.69. The van der Waals surface area contributed by atoms with Gasteiger partial charge in [-0.15, -0.1) is 11.3 Å². The van der Waals surface area contributed by atoms with Crippen molar-refractivity contribution in [2.75, 3.05) is 4.72 Å². The van der Waals surface area contributed by atoms with Gasteiger partial charge >= 0.3 is 5.69 Å². The predicted octanol–water partition coefficient (Wildman–Crippen LogP) is 3.58. The molecule has 0 unspecified atom stereocenters. The number of pyridine rings is 1. The Hall–Kier alpha value is -1.23. The number of halogens is 2. The van der Waals surface area contributed by atoms with Crippen LogP contribution in [0, 0.1) is 17.0 Å². The summed E-state index contributed by atoms with van der Waals surface area (Å²) in [7, 11) is -3.97. The first kappa shape index (κ1) is 16.1. The number of rotatable bonds is 4. The van der Waals surface area contributed by atoms with E-state index in [-0.39, 0.29) is 9.36 Å². The summed E-state index contributed by atoms with van der Waals surface area (Å²) in [5.74, 6) is -0.422. The van der Waals surface area contributed by atoms with Gasteiger partial charge in [0.1, 0.15) is 9.36 Å². The van der Waals surface area contributed by atoms with E-state index in [0.717, 1.165) is 23.0 Å². The Kier molecular flexibility index (Phi) is 4.51. The van der Waals surface area contributed by atoms with E-state index in [1.165, 1.54) is 12.1 Å². The van der Waals surface area contributed by atoms with E-state index in [2.05, 4.69) is 25.6 Å². The maximum atomic E-state index is 12.2. The lowest BCUT2D eigenvalue weighted by Gasteiger charge is -2.06. The first-order chi connectivity index (χ1) is 9.70. The molecule has 21 heavy (non-hydrogen) atoms. The molecule has 0 spiro atoms. The molecule has 0 radical (unpaired) electrons. The Bertz CT molecular complexity index is 802. The fraction of sp³-hybridized carbons (Fsp3) is 0.100. The van der Waals surface area contributed by atoms with E-state index >= 15 is 0 Å². The number of anilines is 1. The summed E-state index contributed by atoms with van der Waals surface area (Å²) >= 11 is 9.87. The summed E-state index contributed by atoms with van der Waals surface area (Å²) < 4.78 is 27.2. The second-order valence-electron chi connectivity index (χ2n) is 3.89. The molecule has 0 aliphatic rings. The van der Waals surface area contributed by atoms with E-state index in [4.69, 9.17) is 11.6 Å². The zero-order chi connectivity index (χ0) is 15.8. The Morgan fingerprint density at radius 1 is 1.48 bits per heavy atom. The smallest absolute Gasteiger partial charge is 0.258 e. The minimum Gasteiger partial charge on any atom is -0.258 e. The summed E-state index contributed by atoms with van der Waals surface area (Å²) in [5, 5.41) is 10.8. The molecule has 0 amide bonds. The minimum absolute atomic E-state index is 0.0166. The van der Waals surface area contributed by atoms with E-state index in [1.54, 1.807) is 6.92 Å². The fourth-order valence-electron chi connectivity index (χ4n) is 1.39. The van der Waals surface area contributed by atoms with Gasteiger partial charge in [0.2, 0.25) is 5.82 Å². The van der Waals surface area contributed by atoms with Crippen LogP contribution in [0.2, 0.25) is 5.15 Å². The van der Waals surface area contributed by atoms with Gasteiger partial charge < -0.3 is 0 Å². The van der Waals surface area contributed by atoms with E-state index in [9.17, 15) is 18.5 Å². The van der Waals surface area contributed by atoms with Crippen molar-refractivity contribution in [3.8, 4) is 0 Å². The molecule has 1 N–H and O–H groups in total. The highest BCUT2D eigenvalue weighted by Crippen LogP contribution is 2.33. The first-order valence-corrected chi connectivity index (χ1v) is 8.77. The van der Waals surface area contributed by atoms with Gasteiger partial charge in [0, 0.05) is 6.07 Å². The summed E-state index contributed by atoms with van der Waals surface area (Å²) in [6.45, 7) is 1.74. The quantitative estimate of drug-likeness (QED) is 0.470. The van der Waals surface area contributed by atoms with Crippen LogP contribution in [0.3, 0.4) is 0 Å². The van der Waals surface area contributed by atoms with Gasteiger partial charge in [0.15, 0.2) is 0 Å². The summed E-state index contributed by atoms with van der Waals surface area (Å²) in [5.41, 5.74) is 0.268. The zero-order valence-corrected chi connectivity index (χ0v) is 14.3. The molecule has 2 aromatic rings. The van der Waals surface area contributed by atoms with Crippen molar-refractivity contribution in [3.63, 3.8) is 0 Å². The van der Waals surface area contributed by atoms with Gasteiger partial charge in [-0.2, -0.15) is 0 Å². The van der Waals surface area contributed by atoms with Crippen LogP contribution in [0.4, 0.5) is 11.5 Å². The van der Waals surface area contributed by atoms with Crippen LogP contribution >= 0.6 is 38.9 Å². The third-order valence-corrected chi connectivity index (χ3v) is 6.53. The van der Waals surface area contributed by atoms with Crippen molar-refractivity contribution >= 4 is 60.4 Å². The highest BCUT2D eigenvalue weighted by atomic mass is 79.9. The first-order valence-electron chi connectivity index (χ1n) is 5.30. The van der Waals surface area contributed by atoms with Gasteiger partial charge in [0.05, 0.1) is 8.71 Å². The molecule has 7 nitrogen and oxygen atoms in total. The lowest BCUT2D eigenvalue weighted by atomic mass is 10.4. The molecule has 0 fully saturated rings. The van der Waals surface area contributed by atoms with Crippen molar-refractivity contribution in [1.29, 1.82) is 0 Å². The monoisotopic (exact) mass is 411 g/mol. The molecule has 11 heteroatoms. The maximum absolute atomic E-state index is 12.2. The summed E-state index contributed by atoms with van der Waals surface area (Å²) in [6.07, 6.45) is 0. The van der Waals surface area contributed by atoms with Crippen molar-refractivity contribution in [1.82, 2.24) is 4.98 Å². The number of aromatic nitrogens is 1. The molecule has 0 aliphatic heterocycles. The van der Waals surface area contributed by atoms with Crippen molar-refractivity contribution in [2.45, 2.75) is 11.1 Å². The molecule has 0 atom stereocenters. The number of hydrogen-bond donors (Lipinski definition) is 1. The zero-order valence-electron chi connectivity index (χ0n) is 10.3. The van der Waals surface area contributed by atoms with E-state index in [0.29, 0.717) is 3.79 Å². The lowest BCUT2D eigenvalue weighted by Crippen LogP contribution is -2.14. The second-order valence-corrected chi connectivity index (χ2v) is 8.55. The Labute approximate surface area is 137 Å². The van der Waals surface area contributed by atoms with Gasteiger partial charge in [-0.1, -0.05) is 11.6 Å². The Morgan fingerprint density at radius 3 is 2.67 bits per heavy atom. The van der Waals surface area contributed by atoms with Gasteiger partial charge in [0.25, 0.3) is 10.0 Å². The minimum atomic E-state index is -3.97. The molecule has 0 aromatic carbocycles. The van der Waals surface area contributed by atoms with Gasteiger partial charge in [-0.3, -0.25) is 14.8 Å². The van der Waals surface area contributed by atoms with Crippen LogP contribution in [0.15, 0.2) is 26.2 Å². The molecule has 0 bridgehead atoms. The van der Waals surface area contributed by atoms with Crippen LogP contribution in [0.25, 0.3) is 0 Å². The summed E-state index contributed by atoms with van der Waals surface area (Å²) in [4.78, 5) is 13.8. The van der Waals surface area contributed by atoms with Crippen LogP contribution in [0.1, 0.15) is 5.56 Å². The number of sulfonamides is 1. The fourth-order valence-corrected chi connectivity index (χ4v) is 4.78. The summed E-state index contributed by atoms with van der Waals surface area (Å²) in [6, 6.07) is 3.75. The Morgan fingerprint density at radius 2 is 2.14 bits per heavy atom. The molecule has 0 saturated carbocycles. The SMILES string of the molecule is Cc1cc(S(=O)(=O)Nc2nc(Cl)ccc2[N+](=O)[O-])sc1Br. The van der Waals surface area contributed by atoms with Crippen LogP contribution < -0.4 is 4.72 Å². The van der Waals surface area contributed by atoms with Crippen LogP contribution in [-0.4, -0.2) is 18.3 Å². The van der Waals surface area contributed by atoms with Crippen LogP contribution in [0.5, 0.6) is 0 Å². The van der Waals surface area contributed by atoms with Crippen LogP contribution in [-0.2, 0) is 10.0 Å². The number of nitrogens with one attached hydrogen (secondary N) is 1. The standard InChI is InChI=1S/C10H7BrClN3O4S2/c1-5-4-8(20-9(5)11)21(18,19)14-10-6(15(16)17)2-3-7(12)13-10/h2-4H,1H3,(H,13,14). The van der Waals surface area contributed by atoms with Crippen molar-refractivity contribution in [3.05, 3.63) is 42.8 Å². The Balaban J connectivity index is 2.45. The predicted molar refractivity (Wildman–Crippen MR) is 83.5 cm³/mol. The molecule has 0 aliphatic carbocycles. The normalized spacial score (nSPS) is 11.4. The topological polar surface area (TPSA) is 102 Å². The molecule has 2 aromatic heterocycles. The number of nitrogens with zero attached hydrogens (tertiary/aromatic N) is 2. The van der Waals surface area contributed by atoms with Gasteiger partial charge in [-0.25, -0.2) is 13.4 Å². The van der Waals surface area contributed by atoms with Crippen molar-refractivity contribution < 1.29 is 13.3 Å². The molecule has 0 saturated heterocycles. The molecule has 2 rings (SSSR count). The molecule has 2 heterocycles. The number of hydrogen-bond acceptors (Lipinski definition) is 6. The van der Waals surface area contributed by atoms with E-state index < -0.39 is 26.5 Å². The third kappa shape index (κ3) is 3.51. The van der Waals surface area contributed by atoms with E-state index in [1.807, 2.05) is 0 Å². The second kappa shape index (κ2) is 5.87. The largest absolute Gasteiger partial charge is 0.312 e. The maximum Gasteiger partial charge on any atom is 0.312 e. The number of thiophene rings is 1. The van der Waals surface area contributed by atoms with Gasteiger partial charge in [-0.05, 0) is 40.5 Å². The number of nitro groups is 1. The lowest BCUT2D eigenvalue weighted by molar-refractivity contribution is -0.384. The molecule has 112 valence electrons.